The van der Waals surface area contributed by atoms with Gasteiger partial charge < -0.3 is 14.6 Å². The Morgan fingerprint density at radius 1 is 1.28 bits per heavy atom. The van der Waals surface area contributed by atoms with Crippen LogP contribution in [-0.4, -0.2) is 42.9 Å². The highest BCUT2D eigenvalue weighted by atomic mass is 16.5. The number of carbonyl (C=O) groups is 1. The van der Waals surface area contributed by atoms with Gasteiger partial charge in [-0.15, -0.1) is 0 Å². The normalized spacial score (nSPS) is 17.8. The topological polar surface area (TPSA) is 86.9 Å². The Bertz CT molecular complexity index is 1240. The number of hydrogen-bond acceptors (Lipinski definition) is 5. The van der Waals surface area contributed by atoms with Crippen molar-refractivity contribution in [3.05, 3.63) is 36.8 Å². The van der Waals surface area contributed by atoms with E-state index < -0.39 is 0 Å². The molecule has 29 heavy (non-hydrogen) atoms. The second-order valence-electron chi connectivity index (χ2n) is 7.67. The molecular formula is C21H22N6O2. The van der Waals surface area contributed by atoms with Gasteiger partial charge in [-0.3, -0.25) is 9.48 Å². The summed E-state index contributed by atoms with van der Waals surface area (Å²) in [5, 5.41) is 8.27. The molecule has 0 unspecified atom stereocenters. The summed E-state index contributed by atoms with van der Waals surface area (Å²) >= 11 is 0. The van der Waals surface area contributed by atoms with Crippen molar-refractivity contribution in [2.24, 2.45) is 20.0 Å². The lowest BCUT2D eigenvalue weighted by Crippen LogP contribution is -2.26. The summed E-state index contributed by atoms with van der Waals surface area (Å²) in [7, 11) is 3.85. The Hall–Kier alpha value is -3.42. The maximum atomic E-state index is 11.6. The first-order valence-electron chi connectivity index (χ1n) is 9.67. The molecule has 1 saturated heterocycles. The molecule has 8 heteroatoms. The minimum absolute atomic E-state index is 0.0716. The molecule has 0 bridgehead atoms. The van der Waals surface area contributed by atoms with Crippen LogP contribution in [0, 0.1) is 5.92 Å². The van der Waals surface area contributed by atoms with E-state index in [-0.39, 0.29) is 17.9 Å². The first-order chi connectivity index (χ1) is 14.0. The molecule has 1 amide bonds. The van der Waals surface area contributed by atoms with Gasteiger partial charge in [0, 0.05) is 43.9 Å². The fourth-order valence-electron chi connectivity index (χ4n) is 3.90. The van der Waals surface area contributed by atoms with Gasteiger partial charge >= 0.3 is 0 Å². The number of amides is 1. The Balaban J connectivity index is 1.58. The van der Waals surface area contributed by atoms with E-state index in [1.54, 1.807) is 6.33 Å². The van der Waals surface area contributed by atoms with E-state index in [2.05, 4.69) is 21.5 Å². The molecule has 1 aromatic carbocycles. The zero-order valence-corrected chi connectivity index (χ0v) is 16.6. The fraction of sp³-hybridized carbons (Fsp3) is 0.333. The molecule has 0 saturated carbocycles. The molecule has 0 radical (unpaired) electrons. The van der Waals surface area contributed by atoms with Crippen molar-refractivity contribution < 1.29 is 9.53 Å². The predicted molar refractivity (Wildman–Crippen MR) is 109 cm³/mol. The summed E-state index contributed by atoms with van der Waals surface area (Å²) < 4.78 is 10.0. The summed E-state index contributed by atoms with van der Waals surface area (Å²) in [6.45, 7) is 2.62. The van der Waals surface area contributed by atoms with Gasteiger partial charge in [0.05, 0.1) is 29.3 Å². The first kappa shape index (κ1) is 17.7. The van der Waals surface area contributed by atoms with Gasteiger partial charge in [-0.05, 0) is 19.1 Å². The summed E-state index contributed by atoms with van der Waals surface area (Å²) in [6.07, 6.45) is 3.95. The van der Waals surface area contributed by atoms with Crippen molar-refractivity contribution >= 4 is 27.8 Å². The number of imidazole rings is 1. The molecule has 3 aromatic heterocycles. The van der Waals surface area contributed by atoms with Crippen LogP contribution in [0.5, 0.6) is 5.88 Å². The van der Waals surface area contributed by atoms with Gasteiger partial charge in [0.15, 0.2) is 0 Å². The highest BCUT2D eigenvalue weighted by Crippen LogP contribution is 2.31. The van der Waals surface area contributed by atoms with Gasteiger partial charge in [0.1, 0.15) is 11.6 Å². The summed E-state index contributed by atoms with van der Waals surface area (Å²) in [4.78, 5) is 20.9. The monoisotopic (exact) mass is 390 g/mol. The van der Waals surface area contributed by atoms with Crippen LogP contribution in [0.4, 0.5) is 0 Å². The number of nitrogens with one attached hydrogen (secondary N) is 1. The number of ether oxygens (including phenoxy) is 1. The predicted octanol–water partition coefficient (Wildman–Crippen LogP) is 2.43. The quantitative estimate of drug-likeness (QED) is 0.578. The molecule has 5 rings (SSSR count). The molecule has 8 nitrogen and oxygen atoms in total. The SMILES string of the molecule is C[C@@H](Oc1nc(-c2ccc3cnn(C)c3c2)cc2ncn(C)c12)[C@H]1CNC(=O)C1. The number of aryl methyl sites for hydroxylation is 2. The zero-order chi connectivity index (χ0) is 20.1. The third-order valence-corrected chi connectivity index (χ3v) is 5.68. The third-order valence-electron chi connectivity index (χ3n) is 5.68. The Labute approximate surface area is 167 Å². The van der Waals surface area contributed by atoms with E-state index in [1.165, 1.54) is 0 Å². The van der Waals surface area contributed by atoms with Gasteiger partial charge in [0.25, 0.3) is 0 Å². The van der Waals surface area contributed by atoms with Crippen LogP contribution in [0.15, 0.2) is 36.8 Å². The average molecular weight is 390 g/mol. The lowest BCUT2D eigenvalue weighted by Gasteiger charge is -2.20. The number of hydrogen-bond donors (Lipinski definition) is 1. The van der Waals surface area contributed by atoms with Crippen LogP contribution in [0.3, 0.4) is 0 Å². The first-order valence-corrected chi connectivity index (χ1v) is 9.67. The van der Waals surface area contributed by atoms with E-state index in [9.17, 15) is 4.79 Å². The van der Waals surface area contributed by atoms with Crippen LogP contribution in [0.1, 0.15) is 13.3 Å². The fourth-order valence-corrected chi connectivity index (χ4v) is 3.90. The van der Waals surface area contributed by atoms with Gasteiger partial charge in [0.2, 0.25) is 11.8 Å². The number of pyridine rings is 1. The van der Waals surface area contributed by atoms with E-state index in [0.29, 0.717) is 18.8 Å². The van der Waals surface area contributed by atoms with Crippen molar-refractivity contribution in [2.75, 3.05) is 6.54 Å². The van der Waals surface area contributed by atoms with Crippen molar-refractivity contribution in [2.45, 2.75) is 19.4 Å². The molecule has 0 spiro atoms. The zero-order valence-electron chi connectivity index (χ0n) is 16.6. The lowest BCUT2D eigenvalue weighted by molar-refractivity contribution is -0.119. The smallest absolute Gasteiger partial charge is 0.241 e. The molecule has 4 heterocycles. The van der Waals surface area contributed by atoms with Crippen LogP contribution in [-0.2, 0) is 18.9 Å². The summed E-state index contributed by atoms with van der Waals surface area (Å²) in [5.41, 5.74) is 4.48. The molecule has 2 atom stereocenters. The van der Waals surface area contributed by atoms with Gasteiger partial charge in [-0.2, -0.15) is 5.10 Å². The molecule has 1 aliphatic rings. The Kier molecular flexibility index (Phi) is 4.01. The molecule has 1 fully saturated rings. The second-order valence-corrected chi connectivity index (χ2v) is 7.67. The Morgan fingerprint density at radius 2 is 2.14 bits per heavy atom. The van der Waals surface area contributed by atoms with Crippen LogP contribution in [0.25, 0.3) is 33.2 Å². The van der Waals surface area contributed by atoms with Crippen molar-refractivity contribution in [3.63, 3.8) is 0 Å². The van der Waals surface area contributed by atoms with E-state index in [0.717, 1.165) is 33.2 Å². The van der Waals surface area contributed by atoms with Crippen LogP contribution >= 0.6 is 0 Å². The summed E-state index contributed by atoms with van der Waals surface area (Å²) in [6, 6.07) is 8.13. The molecule has 148 valence electrons. The minimum atomic E-state index is -0.144. The highest BCUT2D eigenvalue weighted by molar-refractivity contribution is 5.88. The van der Waals surface area contributed by atoms with E-state index in [1.807, 2.05) is 54.7 Å². The number of aromatic nitrogens is 5. The standard InChI is InChI=1S/C21H22N6O2/c1-12(15-7-19(28)22-9-15)29-21-20-17(23-11-26(20)2)8-16(25-21)13-4-5-14-10-24-27(3)18(14)6-13/h4-6,8,10-12,15H,7,9H2,1-3H3,(H,22,28)/t12-,15-/m1/s1. The lowest BCUT2D eigenvalue weighted by atomic mass is 10.0. The number of benzene rings is 1. The van der Waals surface area contributed by atoms with Gasteiger partial charge in [-0.1, -0.05) is 12.1 Å². The molecule has 4 aromatic rings. The van der Waals surface area contributed by atoms with Crippen LogP contribution in [0.2, 0.25) is 0 Å². The van der Waals surface area contributed by atoms with Crippen molar-refractivity contribution in [3.8, 4) is 17.1 Å². The number of nitrogens with zero attached hydrogens (tertiary/aromatic N) is 5. The maximum absolute atomic E-state index is 11.6. The molecule has 1 aliphatic heterocycles. The van der Waals surface area contributed by atoms with Crippen molar-refractivity contribution in [1.29, 1.82) is 0 Å². The van der Waals surface area contributed by atoms with Crippen molar-refractivity contribution in [1.82, 2.24) is 29.6 Å². The Morgan fingerprint density at radius 3 is 2.93 bits per heavy atom. The third kappa shape index (κ3) is 3.00. The van der Waals surface area contributed by atoms with E-state index in [4.69, 9.17) is 9.72 Å². The summed E-state index contributed by atoms with van der Waals surface area (Å²) in [5.74, 6) is 0.735. The average Bonchev–Trinajstić information content (AvgIpc) is 3.41. The number of carbonyl (C=O) groups excluding carboxylic acids is 1. The van der Waals surface area contributed by atoms with E-state index >= 15 is 0 Å². The minimum Gasteiger partial charge on any atom is -0.473 e. The molecule has 1 N–H and O–H groups in total. The second kappa shape index (κ2) is 6.58. The number of rotatable bonds is 4. The van der Waals surface area contributed by atoms with Crippen LogP contribution < -0.4 is 10.1 Å². The highest BCUT2D eigenvalue weighted by Gasteiger charge is 2.29. The van der Waals surface area contributed by atoms with Gasteiger partial charge in [-0.25, -0.2) is 9.97 Å². The number of fused-ring (bicyclic) bond motifs is 2. The molecule has 0 aliphatic carbocycles. The largest absolute Gasteiger partial charge is 0.473 e. The molecular weight excluding hydrogens is 368 g/mol. The maximum Gasteiger partial charge on any atom is 0.241 e.